The molecule has 2 N–H and O–H groups in total. The van der Waals surface area contributed by atoms with Gasteiger partial charge < -0.3 is 10.5 Å². The molecule has 0 spiro atoms. The Hall–Kier alpha value is -2.16. The smallest absolute Gasteiger partial charge is 0.267 e. The van der Waals surface area contributed by atoms with Crippen molar-refractivity contribution in [2.75, 3.05) is 13.1 Å². The number of hydrogen-bond donors (Lipinski definition) is 1. The predicted octanol–water partition coefficient (Wildman–Crippen LogP) is 2.37. The zero-order valence-electron chi connectivity index (χ0n) is 14.8. The van der Waals surface area contributed by atoms with E-state index >= 15 is 0 Å². The van der Waals surface area contributed by atoms with Gasteiger partial charge in [-0.2, -0.15) is 4.31 Å². The second kappa shape index (κ2) is 7.84. The van der Waals surface area contributed by atoms with E-state index in [1.54, 1.807) is 25.1 Å². The highest BCUT2D eigenvalue weighted by molar-refractivity contribution is 7.89. The second-order valence-electron chi connectivity index (χ2n) is 6.40. The van der Waals surface area contributed by atoms with E-state index in [1.165, 1.54) is 22.6 Å². The van der Waals surface area contributed by atoms with E-state index in [0.29, 0.717) is 35.7 Å². The van der Waals surface area contributed by atoms with Crippen LogP contribution in [-0.4, -0.2) is 42.8 Å². The first kappa shape index (κ1) is 19.6. The Labute approximate surface area is 163 Å². The molecule has 144 valence electrons. The number of piperidine rings is 1. The fourth-order valence-electron chi connectivity index (χ4n) is 3.02. The number of amides is 1. The third-order valence-corrected chi connectivity index (χ3v) is 6.64. The first-order chi connectivity index (χ1) is 12.8. The van der Waals surface area contributed by atoms with E-state index in [1.807, 2.05) is 0 Å². The Bertz CT molecular complexity index is 965. The SMILES string of the molecule is Cc1ccc(Cl)cc1S(=O)(=O)N1CCCC(Oc2ccnc(C(N)=O)c2)C1. The van der Waals surface area contributed by atoms with Gasteiger partial charge in [-0.1, -0.05) is 17.7 Å². The van der Waals surface area contributed by atoms with Gasteiger partial charge in [0.2, 0.25) is 10.0 Å². The van der Waals surface area contributed by atoms with E-state index in [-0.39, 0.29) is 23.2 Å². The maximum Gasteiger partial charge on any atom is 0.267 e. The second-order valence-corrected chi connectivity index (χ2v) is 8.74. The summed E-state index contributed by atoms with van der Waals surface area (Å²) >= 11 is 5.99. The number of rotatable bonds is 5. The number of pyridine rings is 1. The zero-order chi connectivity index (χ0) is 19.6. The quantitative estimate of drug-likeness (QED) is 0.816. The number of hydrogen-bond acceptors (Lipinski definition) is 5. The Morgan fingerprint density at radius 2 is 2.11 bits per heavy atom. The first-order valence-corrected chi connectivity index (χ1v) is 10.3. The van der Waals surface area contributed by atoms with Crippen LogP contribution in [0.4, 0.5) is 0 Å². The molecular weight excluding hydrogens is 390 g/mol. The molecule has 7 nitrogen and oxygen atoms in total. The molecule has 2 aromatic rings. The summed E-state index contributed by atoms with van der Waals surface area (Å²) in [5, 5.41) is 0.375. The first-order valence-electron chi connectivity index (χ1n) is 8.46. The minimum Gasteiger partial charge on any atom is -0.489 e. The van der Waals surface area contributed by atoms with E-state index in [4.69, 9.17) is 22.1 Å². The largest absolute Gasteiger partial charge is 0.489 e. The third-order valence-electron chi connectivity index (χ3n) is 4.40. The summed E-state index contributed by atoms with van der Waals surface area (Å²) in [6.07, 6.45) is 2.46. The molecule has 0 aliphatic carbocycles. The Balaban J connectivity index is 1.78. The van der Waals surface area contributed by atoms with Crippen molar-refractivity contribution in [3.05, 3.63) is 52.8 Å². The minimum absolute atomic E-state index is 0.0994. The Kier molecular flexibility index (Phi) is 5.69. The monoisotopic (exact) mass is 409 g/mol. The molecular formula is C18H20ClN3O4S. The van der Waals surface area contributed by atoms with E-state index in [0.717, 1.165) is 0 Å². The molecule has 2 heterocycles. The van der Waals surface area contributed by atoms with Crippen molar-refractivity contribution in [3.8, 4) is 5.75 Å². The number of primary amides is 1. The molecule has 1 saturated heterocycles. The minimum atomic E-state index is -3.68. The molecule has 1 aliphatic heterocycles. The van der Waals surface area contributed by atoms with Crippen LogP contribution in [0.15, 0.2) is 41.4 Å². The van der Waals surface area contributed by atoms with Crippen LogP contribution in [0.3, 0.4) is 0 Å². The fraction of sp³-hybridized carbons (Fsp3) is 0.333. The Morgan fingerprint density at radius 3 is 2.85 bits per heavy atom. The highest BCUT2D eigenvalue weighted by Gasteiger charge is 2.32. The molecule has 1 aliphatic rings. The molecule has 1 fully saturated rings. The third kappa shape index (κ3) is 4.40. The lowest BCUT2D eigenvalue weighted by Crippen LogP contribution is -2.44. The number of carbonyl (C=O) groups is 1. The van der Waals surface area contributed by atoms with Crippen LogP contribution >= 0.6 is 11.6 Å². The molecule has 3 rings (SSSR count). The van der Waals surface area contributed by atoms with Crippen LogP contribution in [0.2, 0.25) is 5.02 Å². The van der Waals surface area contributed by atoms with Crippen molar-refractivity contribution >= 4 is 27.5 Å². The topological polar surface area (TPSA) is 103 Å². The van der Waals surface area contributed by atoms with Gasteiger partial charge in [0, 0.05) is 23.8 Å². The van der Waals surface area contributed by atoms with Crippen molar-refractivity contribution < 1.29 is 17.9 Å². The van der Waals surface area contributed by atoms with Crippen LogP contribution < -0.4 is 10.5 Å². The summed E-state index contributed by atoms with van der Waals surface area (Å²) in [4.78, 5) is 15.3. The maximum absolute atomic E-state index is 13.0. The summed E-state index contributed by atoms with van der Waals surface area (Å²) in [6.45, 7) is 2.36. The number of nitrogens with two attached hydrogens (primary N) is 1. The van der Waals surface area contributed by atoms with Gasteiger partial charge in [0.05, 0.1) is 11.4 Å². The number of benzene rings is 1. The molecule has 0 saturated carbocycles. The average Bonchev–Trinajstić information content (AvgIpc) is 2.64. The molecule has 1 aromatic carbocycles. The lowest BCUT2D eigenvalue weighted by molar-refractivity contribution is 0.0993. The molecule has 1 atom stereocenters. The Morgan fingerprint density at radius 1 is 1.33 bits per heavy atom. The van der Waals surface area contributed by atoms with Crippen molar-refractivity contribution in [2.45, 2.75) is 30.8 Å². The highest BCUT2D eigenvalue weighted by atomic mass is 35.5. The number of sulfonamides is 1. The molecule has 0 bridgehead atoms. The van der Waals surface area contributed by atoms with E-state index in [9.17, 15) is 13.2 Å². The van der Waals surface area contributed by atoms with Gasteiger partial charge >= 0.3 is 0 Å². The van der Waals surface area contributed by atoms with Crippen LogP contribution in [0.5, 0.6) is 5.75 Å². The van der Waals surface area contributed by atoms with Crippen molar-refractivity contribution in [3.63, 3.8) is 0 Å². The standard InChI is InChI=1S/C18H20ClN3O4S/c1-12-4-5-13(19)9-17(12)27(24,25)22-8-2-3-15(11-22)26-14-6-7-21-16(10-14)18(20)23/h4-7,9-10,15H,2-3,8,11H2,1H3,(H2,20,23). The molecule has 1 amide bonds. The summed E-state index contributed by atoms with van der Waals surface area (Å²) in [5.41, 5.74) is 5.97. The summed E-state index contributed by atoms with van der Waals surface area (Å²) in [6, 6.07) is 7.89. The van der Waals surface area contributed by atoms with Gasteiger partial charge in [-0.3, -0.25) is 9.78 Å². The van der Waals surface area contributed by atoms with Crippen LogP contribution in [-0.2, 0) is 10.0 Å². The lowest BCUT2D eigenvalue weighted by atomic mass is 10.1. The number of aromatic nitrogens is 1. The van der Waals surface area contributed by atoms with Crippen LogP contribution in [0.25, 0.3) is 0 Å². The number of ether oxygens (including phenoxy) is 1. The number of nitrogens with zero attached hydrogens (tertiary/aromatic N) is 2. The van der Waals surface area contributed by atoms with E-state index in [2.05, 4.69) is 4.98 Å². The number of aryl methyl sites for hydroxylation is 1. The molecule has 1 unspecified atom stereocenters. The maximum atomic E-state index is 13.0. The molecule has 0 radical (unpaired) electrons. The fourth-order valence-corrected chi connectivity index (χ4v) is 5.02. The predicted molar refractivity (Wildman–Crippen MR) is 101 cm³/mol. The van der Waals surface area contributed by atoms with Crippen molar-refractivity contribution in [1.82, 2.24) is 9.29 Å². The van der Waals surface area contributed by atoms with Crippen molar-refractivity contribution in [2.24, 2.45) is 5.73 Å². The van der Waals surface area contributed by atoms with Crippen LogP contribution in [0, 0.1) is 6.92 Å². The summed E-state index contributed by atoms with van der Waals surface area (Å²) < 4.78 is 33.4. The molecule has 1 aromatic heterocycles. The van der Waals surface area contributed by atoms with E-state index < -0.39 is 15.9 Å². The van der Waals surface area contributed by atoms with Crippen molar-refractivity contribution in [1.29, 1.82) is 0 Å². The van der Waals surface area contributed by atoms with Gasteiger partial charge in [0.15, 0.2) is 0 Å². The number of carbonyl (C=O) groups excluding carboxylic acids is 1. The van der Waals surface area contributed by atoms with Gasteiger partial charge in [-0.15, -0.1) is 0 Å². The summed E-state index contributed by atoms with van der Waals surface area (Å²) in [7, 11) is -3.68. The zero-order valence-corrected chi connectivity index (χ0v) is 16.3. The molecule has 27 heavy (non-hydrogen) atoms. The van der Waals surface area contributed by atoms with Gasteiger partial charge in [-0.05, 0) is 43.5 Å². The highest BCUT2D eigenvalue weighted by Crippen LogP contribution is 2.27. The summed E-state index contributed by atoms with van der Waals surface area (Å²) in [5.74, 6) is -0.216. The van der Waals surface area contributed by atoms with Gasteiger partial charge in [-0.25, -0.2) is 8.42 Å². The van der Waals surface area contributed by atoms with Gasteiger partial charge in [0.25, 0.3) is 5.91 Å². The van der Waals surface area contributed by atoms with Crippen LogP contribution in [0.1, 0.15) is 28.9 Å². The normalized spacial score (nSPS) is 18.2. The lowest BCUT2D eigenvalue weighted by Gasteiger charge is -2.32. The average molecular weight is 410 g/mol. The molecule has 9 heteroatoms. The number of halogens is 1. The van der Waals surface area contributed by atoms with Gasteiger partial charge in [0.1, 0.15) is 17.5 Å².